The second kappa shape index (κ2) is 9.17. The van der Waals surface area contributed by atoms with Crippen molar-refractivity contribution in [2.24, 2.45) is 0 Å². The second-order valence-electron chi connectivity index (χ2n) is 6.67. The number of nitrogens with one attached hydrogen (secondary N) is 1. The Balaban J connectivity index is 1.42. The zero-order valence-corrected chi connectivity index (χ0v) is 15.1. The number of morpholine rings is 1. The molecule has 0 spiro atoms. The average molecular weight is 347 g/mol. The molecule has 1 unspecified atom stereocenters. The van der Waals surface area contributed by atoms with E-state index in [2.05, 4.69) is 15.1 Å². The summed E-state index contributed by atoms with van der Waals surface area (Å²) in [6, 6.07) is 7.62. The van der Waals surface area contributed by atoms with Crippen molar-refractivity contribution >= 4 is 5.91 Å². The molecule has 138 valence electrons. The van der Waals surface area contributed by atoms with Crippen LogP contribution in [0.1, 0.15) is 23.7 Å². The van der Waals surface area contributed by atoms with Gasteiger partial charge in [0.2, 0.25) is 0 Å². The van der Waals surface area contributed by atoms with Gasteiger partial charge >= 0.3 is 0 Å². The second-order valence-corrected chi connectivity index (χ2v) is 6.67. The molecule has 25 heavy (non-hydrogen) atoms. The molecular weight excluding hydrogens is 318 g/mol. The van der Waals surface area contributed by atoms with Crippen LogP contribution < -0.4 is 10.1 Å². The highest BCUT2D eigenvalue weighted by Crippen LogP contribution is 2.15. The largest absolute Gasteiger partial charge is 0.494 e. The lowest BCUT2D eigenvalue weighted by molar-refractivity contribution is 0.0343. The van der Waals surface area contributed by atoms with Gasteiger partial charge in [0.1, 0.15) is 5.75 Å². The number of amides is 1. The SMILES string of the molecule is CCOc1cccc(C(=O)NC2CCN(CCN3CCOCC3)C2)c1. The lowest BCUT2D eigenvalue weighted by atomic mass is 10.1. The molecule has 3 rings (SSSR count). The van der Waals surface area contributed by atoms with E-state index in [1.807, 2.05) is 31.2 Å². The van der Waals surface area contributed by atoms with Crippen LogP contribution in [0.4, 0.5) is 0 Å². The minimum Gasteiger partial charge on any atom is -0.494 e. The van der Waals surface area contributed by atoms with Gasteiger partial charge in [-0.3, -0.25) is 14.6 Å². The van der Waals surface area contributed by atoms with E-state index in [0.717, 1.165) is 64.7 Å². The molecule has 1 N–H and O–H groups in total. The van der Waals surface area contributed by atoms with Crippen LogP contribution >= 0.6 is 0 Å². The van der Waals surface area contributed by atoms with E-state index in [1.54, 1.807) is 0 Å². The standard InChI is InChI=1S/C19H29N3O3/c1-2-25-18-5-3-4-16(14-18)19(23)20-17-6-7-22(15-17)9-8-21-10-12-24-13-11-21/h3-5,14,17H,2,6-13,15H2,1H3,(H,20,23). The maximum atomic E-state index is 12.5. The summed E-state index contributed by atoms with van der Waals surface area (Å²) >= 11 is 0. The van der Waals surface area contributed by atoms with Crippen LogP contribution in [-0.4, -0.2) is 80.8 Å². The zero-order chi connectivity index (χ0) is 17.5. The molecular formula is C19H29N3O3. The Labute approximate surface area is 150 Å². The van der Waals surface area contributed by atoms with Gasteiger partial charge in [0.15, 0.2) is 0 Å². The Bertz CT molecular complexity index is 561. The number of benzene rings is 1. The first-order chi connectivity index (χ1) is 12.2. The molecule has 0 bridgehead atoms. The molecule has 1 aromatic rings. The minimum absolute atomic E-state index is 0.0124. The minimum atomic E-state index is -0.0124. The quantitative estimate of drug-likeness (QED) is 0.804. The number of rotatable bonds is 7. The molecule has 2 fully saturated rings. The topological polar surface area (TPSA) is 54.0 Å². The summed E-state index contributed by atoms with van der Waals surface area (Å²) in [6.45, 7) is 10.4. The van der Waals surface area contributed by atoms with Gasteiger partial charge in [-0.2, -0.15) is 0 Å². The fourth-order valence-corrected chi connectivity index (χ4v) is 3.42. The molecule has 0 saturated carbocycles. The molecule has 2 aliphatic heterocycles. The Morgan fingerprint density at radius 3 is 2.84 bits per heavy atom. The summed E-state index contributed by atoms with van der Waals surface area (Å²) in [5.41, 5.74) is 0.665. The van der Waals surface area contributed by atoms with E-state index in [-0.39, 0.29) is 11.9 Å². The fraction of sp³-hybridized carbons (Fsp3) is 0.632. The lowest BCUT2D eigenvalue weighted by Crippen LogP contribution is -2.42. The van der Waals surface area contributed by atoms with E-state index in [9.17, 15) is 4.79 Å². The zero-order valence-electron chi connectivity index (χ0n) is 15.1. The van der Waals surface area contributed by atoms with Crippen LogP contribution in [0.3, 0.4) is 0 Å². The third-order valence-corrected chi connectivity index (χ3v) is 4.85. The summed E-state index contributed by atoms with van der Waals surface area (Å²) in [6.07, 6.45) is 1.01. The molecule has 6 heteroatoms. The molecule has 2 aliphatic rings. The average Bonchev–Trinajstić information content (AvgIpc) is 3.09. The van der Waals surface area contributed by atoms with Crippen molar-refractivity contribution in [3.8, 4) is 5.75 Å². The van der Waals surface area contributed by atoms with E-state index < -0.39 is 0 Å². The van der Waals surface area contributed by atoms with Crippen molar-refractivity contribution in [2.75, 3.05) is 59.1 Å². The first-order valence-corrected chi connectivity index (χ1v) is 9.31. The van der Waals surface area contributed by atoms with E-state index in [4.69, 9.17) is 9.47 Å². The highest BCUT2D eigenvalue weighted by Gasteiger charge is 2.24. The van der Waals surface area contributed by atoms with E-state index >= 15 is 0 Å². The normalized spacial score (nSPS) is 22.0. The van der Waals surface area contributed by atoms with Crippen LogP contribution in [-0.2, 0) is 4.74 Å². The predicted molar refractivity (Wildman–Crippen MR) is 97.2 cm³/mol. The Morgan fingerprint density at radius 2 is 2.04 bits per heavy atom. The van der Waals surface area contributed by atoms with Crippen LogP contribution in [0.5, 0.6) is 5.75 Å². The fourth-order valence-electron chi connectivity index (χ4n) is 3.42. The number of likely N-dealkylation sites (tertiary alicyclic amines) is 1. The van der Waals surface area contributed by atoms with Crippen molar-refractivity contribution in [3.63, 3.8) is 0 Å². The molecule has 2 heterocycles. The van der Waals surface area contributed by atoms with Gasteiger partial charge in [-0.1, -0.05) is 6.07 Å². The van der Waals surface area contributed by atoms with Crippen LogP contribution in [0.25, 0.3) is 0 Å². The number of carbonyl (C=O) groups excluding carboxylic acids is 1. The van der Waals surface area contributed by atoms with Gasteiger partial charge in [-0.25, -0.2) is 0 Å². The van der Waals surface area contributed by atoms with Crippen molar-refractivity contribution < 1.29 is 14.3 Å². The number of ether oxygens (including phenoxy) is 2. The van der Waals surface area contributed by atoms with Gasteiger partial charge in [0.05, 0.1) is 19.8 Å². The van der Waals surface area contributed by atoms with Crippen molar-refractivity contribution in [1.29, 1.82) is 0 Å². The van der Waals surface area contributed by atoms with Gasteiger partial charge in [-0.05, 0) is 31.5 Å². The molecule has 1 aromatic carbocycles. The highest BCUT2D eigenvalue weighted by molar-refractivity contribution is 5.94. The Morgan fingerprint density at radius 1 is 1.24 bits per heavy atom. The molecule has 0 aromatic heterocycles. The first kappa shape index (κ1) is 18.2. The molecule has 0 aliphatic carbocycles. The monoisotopic (exact) mass is 347 g/mol. The smallest absolute Gasteiger partial charge is 0.251 e. The number of carbonyl (C=O) groups is 1. The molecule has 6 nitrogen and oxygen atoms in total. The third kappa shape index (κ3) is 5.42. The summed E-state index contributed by atoms with van der Waals surface area (Å²) in [5, 5.41) is 3.16. The predicted octanol–water partition coefficient (Wildman–Crippen LogP) is 1.22. The van der Waals surface area contributed by atoms with E-state index in [0.29, 0.717) is 12.2 Å². The van der Waals surface area contributed by atoms with Crippen molar-refractivity contribution in [3.05, 3.63) is 29.8 Å². The van der Waals surface area contributed by atoms with Gasteiger partial charge < -0.3 is 14.8 Å². The summed E-state index contributed by atoms with van der Waals surface area (Å²) in [5.74, 6) is 0.732. The molecule has 1 amide bonds. The van der Waals surface area contributed by atoms with Crippen molar-refractivity contribution in [2.45, 2.75) is 19.4 Å². The summed E-state index contributed by atoms with van der Waals surface area (Å²) in [7, 11) is 0. The summed E-state index contributed by atoms with van der Waals surface area (Å²) in [4.78, 5) is 17.4. The van der Waals surface area contributed by atoms with E-state index in [1.165, 1.54) is 0 Å². The van der Waals surface area contributed by atoms with Gasteiger partial charge in [0.25, 0.3) is 5.91 Å². The molecule has 2 saturated heterocycles. The maximum absolute atomic E-state index is 12.5. The number of hydrogen-bond donors (Lipinski definition) is 1. The maximum Gasteiger partial charge on any atom is 0.251 e. The van der Waals surface area contributed by atoms with Gasteiger partial charge in [-0.15, -0.1) is 0 Å². The number of nitrogens with zero attached hydrogens (tertiary/aromatic N) is 2. The molecule has 1 atom stereocenters. The number of hydrogen-bond acceptors (Lipinski definition) is 5. The first-order valence-electron chi connectivity index (χ1n) is 9.31. The molecule has 0 radical (unpaired) electrons. The van der Waals surface area contributed by atoms with Crippen molar-refractivity contribution in [1.82, 2.24) is 15.1 Å². The Kier molecular flexibility index (Phi) is 6.67. The third-order valence-electron chi connectivity index (χ3n) is 4.85. The van der Waals surface area contributed by atoms with Gasteiger partial charge in [0, 0.05) is 50.9 Å². The lowest BCUT2D eigenvalue weighted by Gasteiger charge is -2.28. The summed E-state index contributed by atoms with van der Waals surface area (Å²) < 4.78 is 10.9. The highest BCUT2D eigenvalue weighted by atomic mass is 16.5. The van der Waals surface area contributed by atoms with Crippen LogP contribution in [0.2, 0.25) is 0 Å². The van der Waals surface area contributed by atoms with Crippen LogP contribution in [0.15, 0.2) is 24.3 Å². The van der Waals surface area contributed by atoms with Crippen LogP contribution in [0, 0.1) is 0 Å². The Hall–Kier alpha value is -1.63.